The van der Waals surface area contributed by atoms with E-state index in [9.17, 15) is 0 Å². The summed E-state index contributed by atoms with van der Waals surface area (Å²) in [6, 6.07) is 13.2. The van der Waals surface area contributed by atoms with E-state index in [4.69, 9.17) is 0 Å². The molecule has 1 fully saturated rings. The maximum Gasteiger partial charge on any atom is 0.139 e. The molecule has 7 nitrogen and oxygen atoms in total. The number of nitrogens with one attached hydrogen (secondary N) is 1. The van der Waals surface area contributed by atoms with Crippen LogP contribution in [0, 0.1) is 0 Å². The van der Waals surface area contributed by atoms with Crippen molar-refractivity contribution in [3.8, 4) is 16.9 Å². The van der Waals surface area contributed by atoms with Gasteiger partial charge in [-0.1, -0.05) is 30.7 Å². The minimum atomic E-state index is 0.783. The van der Waals surface area contributed by atoms with Gasteiger partial charge in [-0.25, -0.2) is 9.97 Å². The number of nitrogens with zero attached hydrogens (tertiary/aromatic N) is 6. The Hall–Kier alpha value is -3.58. The van der Waals surface area contributed by atoms with Gasteiger partial charge in [0, 0.05) is 29.1 Å². The second-order valence-corrected chi connectivity index (χ2v) is 8.24. The fourth-order valence-electron chi connectivity index (χ4n) is 4.46. The fourth-order valence-corrected chi connectivity index (χ4v) is 4.46. The lowest BCUT2D eigenvalue weighted by atomic mass is 10.0. The molecule has 0 atom stereocenters. The van der Waals surface area contributed by atoms with Crippen molar-refractivity contribution in [2.45, 2.75) is 25.8 Å². The molecule has 1 aliphatic rings. The predicted octanol–water partition coefficient (Wildman–Crippen LogP) is 4.34. The largest absolute Gasteiger partial charge is 0.338 e. The first kappa shape index (κ1) is 18.2. The first-order chi connectivity index (χ1) is 15.3. The first-order valence-corrected chi connectivity index (χ1v) is 10.8. The Morgan fingerprint density at radius 1 is 0.806 bits per heavy atom. The van der Waals surface area contributed by atoms with Crippen molar-refractivity contribution in [3.63, 3.8) is 0 Å². The molecule has 0 unspecified atom stereocenters. The minimum absolute atomic E-state index is 0.783. The summed E-state index contributed by atoms with van der Waals surface area (Å²) in [5.74, 6) is 0.783. The third-order valence-electron chi connectivity index (χ3n) is 6.15. The van der Waals surface area contributed by atoms with Crippen molar-refractivity contribution in [1.82, 2.24) is 34.6 Å². The molecule has 1 aliphatic heterocycles. The Morgan fingerprint density at radius 3 is 2.42 bits per heavy atom. The average molecular weight is 409 g/mol. The number of rotatable bonds is 4. The zero-order chi connectivity index (χ0) is 20.6. The van der Waals surface area contributed by atoms with Crippen LogP contribution in [0.3, 0.4) is 0 Å². The van der Waals surface area contributed by atoms with Gasteiger partial charge in [-0.05, 0) is 49.2 Å². The van der Waals surface area contributed by atoms with Crippen LogP contribution in [0.4, 0.5) is 0 Å². The van der Waals surface area contributed by atoms with Crippen LogP contribution in [-0.4, -0.2) is 47.7 Å². The summed E-state index contributed by atoms with van der Waals surface area (Å²) in [6.45, 7) is 3.47. The molecule has 0 saturated carbocycles. The third kappa shape index (κ3) is 3.47. The van der Waals surface area contributed by atoms with Crippen LogP contribution in [0.1, 0.15) is 24.8 Å². The predicted molar refractivity (Wildman–Crippen MR) is 121 cm³/mol. The molecule has 1 saturated heterocycles. The third-order valence-corrected chi connectivity index (χ3v) is 6.15. The quantitative estimate of drug-likeness (QED) is 0.478. The van der Waals surface area contributed by atoms with Gasteiger partial charge in [-0.15, -0.1) is 10.2 Å². The SMILES string of the molecule is c1cc(-c2cnc3[nH]c4cnc(-n5cnnc5)cc4c3c2)ccc1CN1CCCCC1. The Bertz CT molecular complexity index is 1330. The van der Waals surface area contributed by atoms with Crippen LogP contribution in [0.15, 0.2) is 61.4 Å². The molecule has 0 bridgehead atoms. The first-order valence-electron chi connectivity index (χ1n) is 10.8. The summed E-state index contributed by atoms with van der Waals surface area (Å²) >= 11 is 0. The number of H-pyrrole nitrogens is 1. The Morgan fingerprint density at radius 2 is 1.61 bits per heavy atom. The molecule has 154 valence electrons. The van der Waals surface area contributed by atoms with Gasteiger partial charge >= 0.3 is 0 Å². The van der Waals surface area contributed by atoms with E-state index in [0.29, 0.717) is 0 Å². The number of aromatic amines is 1. The molecule has 1 N–H and O–H groups in total. The number of piperidine rings is 1. The van der Waals surface area contributed by atoms with Crippen molar-refractivity contribution in [2.75, 3.05) is 13.1 Å². The summed E-state index contributed by atoms with van der Waals surface area (Å²) in [5, 5.41) is 9.92. The highest BCUT2D eigenvalue weighted by Gasteiger charge is 2.12. The van der Waals surface area contributed by atoms with Gasteiger partial charge in [-0.2, -0.15) is 0 Å². The molecule has 4 aromatic heterocycles. The summed E-state index contributed by atoms with van der Waals surface area (Å²) in [5.41, 5.74) is 5.49. The standard InChI is InChI=1S/C24H23N7/c1-2-8-30(9-3-1)14-17-4-6-18(7-5-17)19-10-21-20-11-23(31-15-27-28-16-31)25-13-22(20)29-24(21)26-12-19/h4-7,10-13,15-16H,1-3,8-9,14H2,(H,26,29). The molecule has 0 aliphatic carbocycles. The number of likely N-dealkylation sites (tertiary alicyclic amines) is 1. The second kappa shape index (κ2) is 7.59. The fraction of sp³-hybridized carbons (Fsp3) is 0.250. The van der Waals surface area contributed by atoms with Crippen LogP contribution in [-0.2, 0) is 6.54 Å². The number of fused-ring (bicyclic) bond motifs is 3. The average Bonchev–Trinajstić information content (AvgIpc) is 3.48. The topological polar surface area (TPSA) is 75.5 Å². The maximum atomic E-state index is 4.68. The Kier molecular flexibility index (Phi) is 4.46. The molecular formula is C24H23N7. The second-order valence-electron chi connectivity index (χ2n) is 8.24. The van der Waals surface area contributed by atoms with E-state index in [1.165, 1.54) is 43.5 Å². The summed E-state index contributed by atoms with van der Waals surface area (Å²) in [4.78, 5) is 15.1. The molecule has 5 aromatic rings. The van der Waals surface area contributed by atoms with Crippen molar-refractivity contribution < 1.29 is 0 Å². The normalized spacial score (nSPS) is 15.1. The maximum absolute atomic E-state index is 4.68. The highest BCUT2D eigenvalue weighted by molar-refractivity contribution is 6.07. The van der Waals surface area contributed by atoms with E-state index in [0.717, 1.165) is 39.9 Å². The minimum Gasteiger partial charge on any atom is -0.338 e. The molecule has 31 heavy (non-hydrogen) atoms. The van der Waals surface area contributed by atoms with Gasteiger partial charge in [0.05, 0.1) is 11.7 Å². The van der Waals surface area contributed by atoms with E-state index < -0.39 is 0 Å². The van der Waals surface area contributed by atoms with Gasteiger partial charge in [0.2, 0.25) is 0 Å². The van der Waals surface area contributed by atoms with E-state index in [-0.39, 0.29) is 0 Å². The van der Waals surface area contributed by atoms with Crippen molar-refractivity contribution >= 4 is 21.9 Å². The monoisotopic (exact) mass is 409 g/mol. The zero-order valence-electron chi connectivity index (χ0n) is 17.2. The van der Waals surface area contributed by atoms with Gasteiger partial charge in [0.1, 0.15) is 24.1 Å². The molecule has 6 rings (SSSR count). The highest BCUT2D eigenvalue weighted by atomic mass is 15.2. The van der Waals surface area contributed by atoms with Crippen LogP contribution < -0.4 is 0 Å². The number of aromatic nitrogens is 6. The van der Waals surface area contributed by atoms with Crippen molar-refractivity contribution in [3.05, 3.63) is 67.0 Å². The van der Waals surface area contributed by atoms with Crippen LogP contribution >= 0.6 is 0 Å². The molecule has 7 heteroatoms. The summed E-state index contributed by atoms with van der Waals surface area (Å²) < 4.78 is 1.80. The number of benzene rings is 1. The van der Waals surface area contributed by atoms with Crippen LogP contribution in [0.2, 0.25) is 0 Å². The smallest absolute Gasteiger partial charge is 0.139 e. The lowest BCUT2D eigenvalue weighted by molar-refractivity contribution is 0.221. The molecule has 0 radical (unpaired) electrons. The number of hydrogen-bond acceptors (Lipinski definition) is 5. The Balaban J connectivity index is 1.33. The molecule has 5 heterocycles. The van der Waals surface area contributed by atoms with E-state index in [1.54, 1.807) is 17.2 Å². The van der Waals surface area contributed by atoms with Crippen LogP contribution in [0.5, 0.6) is 0 Å². The van der Waals surface area contributed by atoms with Gasteiger partial charge in [-0.3, -0.25) is 9.47 Å². The molecule has 1 aromatic carbocycles. The van der Waals surface area contributed by atoms with Crippen LogP contribution in [0.25, 0.3) is 38.9 Å². The lowest BCUT2D eigenvalue weighted by Gasteiger charge is -2.26. The Labute approximate surface area is 179 Å². The lowest BCUT2D eigenvalue weighted by Crippen LogP contribution is -2.28. The number of hydrogen-bond donors (Lipinski definition) is 1. The molecule has 0 spiro atoms. The van der Waals surface area contributed by atoms with Crippen molar-refractivity contribution in [1.29, 1.82) is 0 Å². The summed E-state index contributed by atoms with van der Waals surface area (Å²) in [7, 11) is 0. The van der Waals surface area contributed by atoms with Gasteiger partial charge < -0.3 is 4.98 Å². The molecular weight excluding hydrogens is 386 g/mol. The number of pyridine rings is 2. The summed E-state index contributed by atoms with van der Waals surface area (Å²) in [6.07, 6.45) is 11.1. The van der Waals surface area contributed by atoms with E-state index in [1.807, 2.05) is 18.5 Å². The highest BCUT2D eigenvalue weighted by Crippen LogP contribution is 2.29. The van der Waals surface area contributed by atoms with E-state index in [2.05, 4.69) is 60.4 Å². The zero-order valence-corrected chi connectivity index (χ0v) is 17.2. The van der Waals surface area contributed by atoms with Crippen molar-refractivity contribution in [2.24, 2.45) is 0 Å². The van der Waals surface area contributed by atoms with Gasteiger partial charge in [0.15, 0.2) is 0 Å². The molecule has 0 amide bonds. The van der Waals surface area contributed by atoms with Gasteiger partial charge in [0.25, 0.3) is 0 Å². The van der Waals surface area contributed by atoms with E-state index >= 15 is 0 Å².